The summed E-state index contributed by atoms with van der Waals surface area (Å²) in [6.45, 7) is 0. The van der Waals surface area contributed by atoms with Gasteiger partial charge in [0, 0.05) is 5.56 Å². The average Bonchev–Trinajstić information content (AvgIpc) is 3.05. The highest BCUT2D eigenvalue weighted by Gasteiger charge is 2.34. The summed E-state index contributed by atoms with van der Waals surface area (Å²) < 4.78 is 68.2. The van der Waals surface area contributed by atoms with Crippen LogP contribution < -0.4 is 0 Å². The third-order valence-corrected chi connectivity index (χ3v) is 4.06. The highest BCUT2D eigenvalue weighted by atomic mass is 19.4. The van der Waals surface area contributed by atoms with Crippen LogP contribution >= 0.6 is 0 Å². The molecule has 4 aromatic rings. The van der Waals surface area contributed by atoms with Crippen molar-refractivity contribution in [3.05, 3.63) is 78.0 Å². The van der Waals surface area contributed by atoms with Gasteiger partial charge in [0.2, 0.25) is 0 Å². The molecule has 3 nitrogen and oxygen atoms in total. The third kappa shape index (κ3) is 3.14. The zero-order valence-corrected chi connectivity index (χ0v) is 13.5. The Morgan fingerprint density at radius 1 is 0.815 bits per heavy atom. The van der Waals surface area contributed by atoms with Crippen molar-refractivity contribution < 1.29 is 22.0 Å². The van der Waals surface area contributed by atoms with Crippen molar-refractivity contribution in [1.82, 2.24) is 14.8 Å². The van der Waals surface area contributed by atoms with E-state index in [-0.39, 0.29) is 16.7 Å². The van der Waals surface area contributed by atoms with E-state index in [1.807, 2.05) is 0 Å². The van der Waals surface area contributed by atoms with Gasteiger partial charge in [-0.3, -0.25) is 0 Å². The molecule has 0 fully saturated rings. The summed E-state index contributed by atoms with van der Waals surface area (Å²) in [5.74, 6) is -0.988. The first-order chi connectivity index (χ1) is 12.8. The van der Waals surface area contributed by atoms with E-state index in [1.54, 1.807) is 0 Å². The van der Waals surface area contributed by atoms with Crippen LogP contribution in [0.1, 0.15) is 5.56 Å². The van der Waals surface area contributed by atoms with Gasteiger partial charge in [0.15, 0.2) is 5.65 Å². The zero-order chi connectivity index (χ0) is 19.2. The SMILES string of the molecule is Fc1ccc(-c2cc(C(F)(F)F)c3cnn(-c4ccc(F)cc4)c3n2)cc1. The second-order valence-electron chi connectivity index (χ2n) is 5.83. The van der Waals surface area contributed by atoms with Gasteiger partial charge >= 0.3 is 6.18 Å². The maximum atomic E-state index is 13.6. The average molecular weight is 375 g/mol. The van der Waals surface area contributed by atoms with E-state index in [0.717, 1.165) is 24.4 Å². The minimum absolute atomic E-state index is 0.0266. The number of alkyl halides is 3. The lowest BCUT2D eigenvalue weighted by Crippen LogP contribution is -2.07. The van der Waals surface area contributed by atoms with Crippen LogP contribution in [0.15, 0.2) is 60.8 Å². The minimum Gasteiger partial charge on any atom is -0.228 e. The van der Waals surface area contributed by atoms with Crippen molar-refractivity contribution in [1.29, 1.82) is 0 Å². The first kappa shape index (κ1) is 17.1. The van der Waals surface area contributed by atoms with E-state index in [4.69, 9.17) is 0 Å². The number of hydrogen-bond donors (Lipinski definition) is 0. The molecule has 0 bridgehead atoms. The van der Waals surface area contributed by atoms with Gasteiger partial charge in [-0.25, -0.2) is 18.4 Å². The van der Waals surface area contributed by atoms with Gasteiger partial charge in [0.25, 0.3) is 0 Å². The fourth-order valence-corrected chi connectivity index (χ4v) is 2.77. The molecule has 4 rings (SSSR count). The third-order valence-electron chi connectivity index (χ3n) is 4.06. The highest BCUT2D eigenvalue weighted by molar-refractivity contribution is 5.84. The van der Waals surface area contributed by atoms with E-state index in [1.165, 1.54) is 41.1 Å². The number of nitrogens with zero attached hydrogens (tertiary/aromatic N) is 3. The molecule has 0 aliphatic carbocycles. The van der Waals surface area contributed by atoms with Crippen molar-refractivity contribution in [2.45, 2.75) is 6.18 Å². The molecule has 136 valence electrons. The molecule has 2 aromatic heterocycles. The Labute approximate surface area is 149 Å². The van der Waals surface area contributed by atoms with Crippen LogP contribution in [0, 0.1) is 11.6 Å². The van der Waals surface area contributed by atoms with Crippen LogP contribution in [-0.2, 0) is 6.18 Å². The number of aromatic nitrogens is 3. The maximum absolute atomic E-state index is 13.6. The first-order valence-electron chi connectivity index (χ1n) is 7.81. The molecule has 0 saturated heterocycles. The van der Waals surface area contributed by atoms with Gasteiger partial charge < -0.3 is 0 Å². The molecule has 0 spiro atoms. The molecule has 27 heavy (non-hydrogen) atoms. The highest BCUT2D eigenvalue weighted by Crippen LogP contribution is 2.37. The van der Waals surface area contributed by atoms with Crippen molar-refractivity contribution in [2.75, 3.05) is 0 Å². The largest absolute Gasteiger partial charge is 0.417 e. The van der Waals surface area contributed by atoms with Crippen molar-refractivity contribution in [3.8, 4) is 16.9 Å². The Morgan fingerprint density at radius 3 is 2.00 bits per heavy atom. The minimum atomic E-state index is -4.63. The topological polar surface area (TPSA) is 30.7 Å². The number of halogens is 5. The summed E-state index contributed by atoms with van der Waals surface area (Å²) in [7, 11) is 0. The van der Waals surface area contributed by atoms with Gasteiger partial charge in [-0.2, -0.15) is 18.3 Å². The predicted molar refractivity (Wildman–Crippen MR) is 89.2 cm³/mol. The second-order valence-corrected chi connectivity index (χ2v) is 5.83. The van der Waals surface area contributed by atoms with E-state index in [0.29, 0.717) is 11.3 Å². The van der Waals surface area contributed by atoms with E-state index >= 15 is 0 Å². The van der Waals surface area contributed by atoms with Crippen LogP contribution in [0.5, 0.6) is 0 Å². The normalized spacial score (nSPS) is 11.9. The summed E-state index contributed by atoms with van der Waals surface area (Å²) in [6.07, 6.45) is -3.56. The van der Waals surface area contributed by atoms with Gasteiger partial charge in [0.1, 0.15) is 11.6 Å². The lowest BCUT2D eigenvalue weighted by molar-refractivity contribution is -0.136. The summed E-state index contributed by atoms with van der Waals surface area (Å²) in [4.78, 5) is 4.29. The summed E-state index contributed by atoms with van der Waals surface area (Å²) in [5, 5.41) is 3.81. The molecule has 0 N–H and O–H groups in total. The number of hydrogen-bond acceptors (Lipinski definition) is 2. The molecule has 0 aliphatic heterocycles. The lowest BCUT2D eigenvalue weighted by atomic mass is 10.1. The molecule has 0 atom stereocenters. The Balaban J connectivity index is 1.99. The van der Waals surface area contributed by atoms with E-state index in [2.05, 4.69) is 10.1 Å². The number of rotatable bonds is 2. The van der Waals surface area contributed by atoms with Crippen LogP contribution in [0.2, 0.25) is 0 Å². The maximum Gasteiger partial charge on any atom is 0.417 e. The molecule has 2 heterocycles. The van der Waals surface area contributed by atoms with Gasteiger partial charge in [0.05, 0.1) is 28.5 Å². The van der Waals surface area contributed by atoms with Crippen LogP contribution in [0.3, 0.4) is 0 Å². The fourth-order valence-electron chi connectivity index (χ4n) is 2.77. The Hall–Kier alpha value is -3.29. The zero-order valence-electron chi connectivity index (χ0n) is 13.5. The number of benzene rings is 2. The smallest absolute Gasteiger partial charge is 0.228 e. The summed E-state index contributed by atoms with van der Waals surface area (Å²) in [6, 6.07) is 11.0. The Morgan fingerprint density at radius 2 is 1.41 bits per heavy atom. The fraction of sp³-hybridized carbons (Fsp3) is 0.0526. The first-order valence-corrected chi connectivity index (χ1v) is 7.81. The van der Waals surface area contributed by atoms with Crippen LogP contribution in [0.25, 0.3) is 28.0 Å². The second kappa shape index (κ2) is 6.15. The monoisotopic (exact) mass is 375 g/mol. The molecule has 0 amide bonds. The van der Waals surface area contributed by atoms with Crippen LogP contribution in [-0.4, -0.2) is 14.8 Å². The van der Waals surface area contributed by atoms with Crippen LogP contribution in [0.4, 0.5) is 22.0 Å². The van der Waals surface area contributed by atoms with Crippen molar-refractivity contribution >= 4 is 11.0 Å². The molecule has 0 radical (unpaired) electrons. The molecular formula is C19H10F5N3. The van der Waals surface area contributed by atoms with Gasteiger partial charge in [-0.1, -0.05) is 0 Å². The lowest BCUT2D eigenvalue weighted by Gasteiger charge is -2.11. The van der Waals surface area contributed by atoms with Crippen molar-refractivity contribution in [2.24, 2.45) is 0 Å². The van der Waals surface area contributed by atoms with Gasteiger partial charge in [-0.05, 0) is 54.6 Å². The molecule has 0 unspecified atom stereocenters. The molecule has 2 aromatic carbocycles. The predicted octanol–water partition coefficient (Wildman–Crippen LogP) is 5.38. The van der Waals surface area contributed by atoms with E-state index < -0.39 is 23.4 Å². The Kier molecular flexibility index (Phi) is 3.91. The molecular weight excluding hydrogens is 365 g/mol. The molecule has 0 saturated carbocycles. The number of fused-ring (bicyclic) bond motifs is 1. The molecule has 0 aliphatic rings. The standard InChI is InChI=1S/C19H10F5N3/c20-12-3-1-11(2-4-12)17-9-16(19(22,23)24)15-10-25-27(18(15)26-17)14-7-5-13(21)6-8-14/h1-10H. The quantitative estimate of drug-likeness (QED) is 0.440. The van der Waals surface area contributed by atoms with E-state index in [9.17, 15) is 22.0 Å². The summed E-state index contributed by atoms with van der Waals surface area (Å²) in [5.41, 5.74) is -0.214. The molecule has 8 heteroatoms. The van der Waals surface area contributed by atoms with Gasteiger partial charge in [-0.15, -0.1) is 0 Å². The summed E-state index contributed by atoms with van der Waals surface area (Å²) >= 11 is 0. The Bertz CT molecular complexity index is 1110. The van der Waals surface area contributed by atoms with Crippen molar-refractivity contribution in [3.63, 3.8) is 0 Å². The number of pyridine rings is 1.